The molecule has 4 nitrogen and oxygen atoms in total. The van der Waals surface area contributed by atoms with Crippen LogP contribution >= 0.6 is 15.9 Å². The summed E-state index contributed by atoms with van der Waals surface area (Å²) in [6.45, 7) is 4.16. The maximum atomic E-state index is 6.26. The predicted molar refractivity (Wildman–Crippen MR) is 115 cm³/mol. The zero-order valence-corrected chi connectivity index (χ0v) is 17.9. The Morgan fingerprint density at radius 1 is 1.14 bits per heavy atom. The van der Waals surface area contributed by atoms with Crippen LogP contribution in [-0.4, -0.2) is 23.3 Å². The van der Waals surface area contributed by atoms with Crippen molar-refractivity contribution in [2.45, 2.75) is 44.9 Å². The van der Waals surface area contributed by atoms with Gasteiger partial charge in [0.15, 0.2) is 11.3 Å². The molecule has 2 atom stereocenters. The van der Waals surface area contributed by atoms with E-state index in [0.29, 0.717) is 11.8 Å². The van der Waals surface area contributed by atoms with Crippen LogP contribution in [0.3, 0.4) is 0 Å². The Balaban J connectivity index is 1.39. The number of hydrogen-bond acceptors (Lipinski definition) is 4. The minimum absolute atomic E-state index is 0.645. The Kier molecular flexibility index (Phi) is 6.33. The lowest BCUT2D eigenvalue weighted by atomic mass is 10.1. The molecule has 1 fully saturated rings. The molecule has 0 spiro atoms. The third-order valence-electron chi connectivity index (χ3n) is 5.48. The van der Waals surface area contributed by atoms with Crippen LogP contribution in [0.4, 0.5) is 0 Å². The van der Waals surface area contributed by atoms with Gasteiger partial charge in [0.2, 0.25) is 0 Å². The van der Waals surface area contributed by atoms with E-state index in [1.807, 2.05) is 18.2 Å². The fourth-order valence-electron chi connectivity index (χ4n) is 3.76. The zero-order chi connectivity index (χ0) is 19.3. The standard InChI is InChI=1S/C23H27BrN2O2/c1-2-3-4-5-12-26(28-21-11-8-18-15-25-27-23(18)14-21)16-19-13-22(19)17-6-9-20(24)10-7-17/h6-11,14-15,19,22H,2-5,12-13,16H2,1H3. The number of fused-ring (bicyclic) bond motifs is 1. The molecule has 2 aromatic carbocycles. The summed E-state index contributed by atoms with van der Waals surface area (Å²) < 4.78 is 6.42. The molecule has 28 heavy (non-hydrogen) atoms. The fraction of sp³-hybridized carbons (Fsp3) is 0.435. The van der Waals surface area contributed by atoms with Gasteiger partial charge in [-0.3, -0.25) is 0 Å². The molecule has 0 saturated heterocycles. The first kappa shape index (κ1) is 19.5. The Bertz CT molecular complexity index is 893. The summed E-state index contributed by atoms with van der Waals surface area (Å²) in [6, 6.07) is 14.7. The first-order valence-electron chi connectivity index (χ1n) is 10.3. The number of benzene rings is 2. The smallest absolute Gasteiger partial charge is 0.170 e. The topological polar surface area (TPSA) is 38.5 Å². The van der Waals surface area contributed by atoms with Crippen LogP contribution in [0.5, 0.6) is 5.75 Å². The lowest BCUT2D eigenvalue weighted by molar-refractivity contribution is -0.0637. The lowest BCUT2D eigenvalue weighted by Crippen LogP contribution is -2.31. The van der Waals surface area contributed by atoms with E-state index in [-0.39, 0.29) is 0 Å². The number of hydroxylamine groups is 2. The molecule has 4 rings (SSSR count). The van der Waals surface area contributed by atoms with Crippen LogP contribution in [0.2, 0.25) is 0 Å². The average molecular weight is 443 g/mol. The number of hydrogen-bond donors (Lipinski definition) is 0. The molecule has 1 saturated carbocycles. The van der Waals surface area contributed by atoms with Gasteiger partial charge >= 0.3 is 0 Å². The van der Waals surface area contributed by atoms with Crippen molar-refractivity contribution in [2.24, 2.45) is 5.92 Å². The molecule has 0 radical (unpaired) electrons. The highest BCUT2D eigenvalue weighted by atomic mass is 79.9. The van der Waals surface area contributed by atoms with E-state index in [4.69, 9.17) is 9.36 Å². The normalized spacial score (nSPS) is 18.7. The van der Waals surface area contributed by atoms with Gasteiger partial charge in [-0.25, -0.2) is 0 Å². The lowest BCUT2D eigenvalue weighted by Gasteiger charge is -2.22. The number of rotatable bonds is 10. The second-order valence-electron chi connectivity index (χ2n) is 7.72. The largest absolute Gasteiger partial charge is 0.406 e. The van der Waals surface area contributed by atoms with E-state index in [1.165, 1.54) is 31.2 Å². The molecule has 0 N–H and O–H groups in total. The highest BCUT2D eigenvalue weighted by molar-refractivity contribution is 9.10. The van der Waals surface area contributed by atoms with Crippen molar-refractivity contribution in [3.8, 4) is 5.75 Å². The highest BCUT2D eigenvalue weighted by Crippen LogP contribution is 2.48. The maximum absolute atomic E-state index is 6.26. The van der Waals surface area contributed by atoms with Crippen LogP contribution in [0.25, 0.3) is 11.0 Å². The van der Waals surface area contributed by atoms with E-state index in [2.05, 4.69) is 57.3 Å². The van der Waals surface area contributed by atoms with Gasteiger partial charge in [-0.2, -0.15) is 0 Å². The summed E-state index contributed by atoms with van der Waals surface area (Å²) in [5.74, 6) is 2.12. The molecule has 1 heterocycles. The van der Waals surface area contributed by atoms with Crippen LogP contribution < -0.4 is 4.84 Å². The number of nitrogens with zero attached hydrogens (tertiary/aromatic N) is 2. The molecule has 148 valence electrons. The molecule has 0 amide bonds. The second kappa shape index (κ2) is 9.10. The van der Waals surface area contributed by atoms with Gasteiger partial charge in [0.1, 0.15) is 0 Å². The van der Waals surface area contributed by atoms with E-state index in [9.17, 15) is 0 Å². The molecular formula is C23H27BrN2O2. The van der Waals surface area contributed by atoms with E-state index >= 15 is 0 Å². The number of halogens is 1. The van der Waals surface area contributed by atoms with Gasteiger partial charge < -0.3 is 9.36 Å². The minimum Gasteiger partial charge on any atom is -0.406 e. The van der Waals surface area contributed by atoms with Crippen LogP contribution in [0, 0.1) is 5.92 Å². The van der Waals surface area contributed by atoms with Gasteiger partial charge in [-0.1, -0.05) is 59.4 Å². The van der Waals surface area contributed by atoms with Crippen molar-refractivity contribution in [1.82, 2.24) is 10.2 Å². The highest BCUT2D eigenvalue weighted by Gasteiger charge is 2.39. The Labute approximate surface area is 174 Å². The summed E-state index contributed by atoms with van der Waals surface area (Å²) >= 11 is 3.52. The summed E-state index contributed by atoms with van der Waals surface area (Å²) in [4.78, 5) is 6.26. The van der Waals surface area contributed by atoms with Crippen LogP contribution in [0.15, 0.2) is 57.7 Å². The molecule has 5 heteroatoms. The molecule has 0 aliphatic heterocycles. The second-order valence-corrected chi connectivity index (χ2v) is 8.63. The van der Waals surface area contributed by atoms with Gasteiger partial charge in [-0.05, 0) is 54.5 Å². The van der Waals surface area contributed by atoms with E-state index in [1.54, 1.807) is 6.20 Å². The summed E-state index contributed by atoms with van der Waals surface area (Å²) in [5.41, 5.74) is 2.20. The summed E-state index contributed by atoms with van der Waals surface area (Å²) in [6.07, 6.45) is 7.90. The van der Waals surface area contributed by atoms with Gasteiger partial charge in [-0.15, -0.1) is 5.06 Å². The monoisotopic (exact) mass is 442 g/mol. The Morgan fingerprint density at radius 2 is 2.00 bits per heavy atom. The van der Waals surface area contributed by atoms with E-state index < -0.39 is 0 Å². The fourth-order valence-corrected chi connectivity index (χ4v) is 4.03. The van der Waals surface area contributed by atoms with Crippen molar-refractivity contribution in [1.29, 1.82) is 0 Å². The average Bonchev–Trinajstić information content (AvgIpc) is 3.30. The quantitative estimate of drug-likeness (QED) is 0.262. The minimum atomic E-state index is 0.645. The Hall–Kier alpha value is -1.85. The molecule has 3 aromatic rings. The van der Waals surface area contributed by atoms with Crippen molar-refractivity contribution in [3.63, 3.8) is 0 Å². The molecular weight excluding hydrogens is 416 g/mol. The maximum Gasteiger partial charge on any atom is 0.170 e. The first-order valence-corrected chi connectivity index (χ1v) is 11.0. The first-order chi connectivity index (χ1) is 13.7. The van der Waals surface area contributed by atoms with E-state index in [0.717, 1.165) is 40.7 Å². The van der Waals surface area contributed by atoms with Crippen molar-refractivity contribution < 1.29 is 9.36 Å². The molecule has 1 aliphatic rings. The molecule has 2 unspecified atom stereocenters. The van der Waals surface area contributed by atoms with Crippen molar-refractivity contribution >= 4 is 26.9 Å². The van der Waals surface area contributed by atoms with Crippen molar-refractivity contribution in [2.75, 3.05) is 13.1 Å². The molecule has 0 bridgehead atoms. The Morgan fingerprint density at radius 3 is 2.82 bits per heavy atom. The molecule has 1 aromatic heterocycles. The molecule has 1 aliphatic carbocycles. The van der Waals surface area contributed by atoms with Crippen LogP contribution in [0.1, 0.15) is 50.5 Å². The predicted octanol–water partition coefficient (Wildman–Crippen LogP) is 6.57. The zero-order valence-electron chi connectivity index (χ0n) is 16.3. The number of aromatic nitrogens is 1. The van der Waals surface area contributed by atoms with Gasteiger partial charge in [0.25, 0.3) is 0 Å². The van der Waals surface area contributed by atoms with Crippen molar-refractivity contribution in [3.05, 3.63) is 58.7 Å². The summed E-state index contributed by atoms with van der Waals surface area (Å²) in [7, 11) is 0. The third kappa shape index (κ3) is 4.95. The third-order valence-corrected chi connectivity index (χ3v) is 6.01. The van der Waals surface area contributed by atoms with Crippen LogP contribution in [-0.2, 0) is 0 Å². The van der Waals surface area contributed by atoms with Gasteiger partial charge in [0, 0.05) is 29.0 Å². The SMILES string of the molecule is CCCCCCN(CC1CC1c1ccc(Br)cc1)Oc1ccc2cnoc2c1. The summed E-state index contributed by atoms with van der Waals surface area (Å²) in [5, 5.41) is 7.00. The van der Waals surface area contributed by atoms with Gasteiger partial charge in [0.05, 0.1) is 6.20 Å². The number of unbranched alkanes of at least 4 members (excludes halogenated alkanes) is 3.